The van der Waals surface area contributed by atoms with E-state index < -0.39 is 0 Å². The lowest BCUT2D eigenvalue weighted by molar-refractivity contribution is 0.108. The Balaban J connectivity index is 1.69. The molecule has 0 amide bonds. The summed E-state index contributed by atoms with van der Waals surface area (Å²) in [4.78, 5) is 10.9. The predicted octanol–water partition coefficient (Wildman–Crippen LogP) is 2.54. The standard InChI is InChI=1S/C18H30ClN5O/c1-14(2)13-25-11-5-9-22-18(20-3)23-15-7-10-24(12-15)17-16(19)6-4-8-21-17/h4,6,8,14-15H,5,7,9-13H2,1-3H3,(H2,20,22,23). The third kappa shape index (κ3) is 6.71. The normalized spacial score (nSPS) is 18.0. The SMILES string of the molecule is CN=C(NCCCOCC(C)C)NC1CCN(c2ncccc2Cl)C1. The number of rotatable bonds is 8. The maximum Gasteiger partial charge on any atom is 0.191 e. The van der Waals surface area contributed by atoms with Gasteiger partial charge in [-0.05, 0) is 30.9 Å². The average Bonchev–Trinajstić information content (AvgIpc) is 3.05. The largest absolute Gasteiger partial charge is 0.381 e. The van der Waals surface area contributed by atoms with Crippen molar-refractivity contribution >= 4 is 23.4 Å². The Morgan fingerprint density at radius 2 is 2.36 bits per heavy atom. The number of nitrogens with zero attached hydrogens (tertiary/aromatic N) is 3. The Kier molecular flexibility index (Phi) is 8.28. The number of hydrogen-bond acceptors (Lipinski definition) is 4. The van der Waals surface area contributed by atoms with Crippen molar-refractivity contribution in [1.29, 1.82) is 0 Å². The van der Waals surface area contributed by atoms with Gasteiger partial charge < -0.3 is 20.3 Å². The van der Waals surface area contributed by atoms with Crippen molar-refractivity contribution in [1.82, 2.24) is 15.6 Å². The van der Waals surface area contributed by atoms with Crippen LogP contribution in [0.1, 0.15) is 26.7 Å². The highest BCUT2D eigenvalue weighted by Gasteiger charge is 2.25. The Morgan fingerprint density at radius 3 is 3.08 bits per heavy atom. The molecule has 1 fully saturated rings. The highest BCUT2D eigenvalue weighted by atomic mass is 35.5. The molecule has 140 valence electrons. The number of ether oxygens (including phenoxy) is 1. The number of guanidine groups is 1. The maximum absolute atomic E-state index is 6.24. The molecule has 0 aromatic carbocycles. The Morgan fingerprint density at radius 1 is 1.52 bits per heavy atom. The molecule has 0 aliphatic carbocycles. The summed E-state index contributed by atoms with van der Waals surface area (Å²) in [6.07, 6.45) is 3.78. The molecule has 2 N–H and O–H groups in total. The first-order chi connectivity index (χ1) is 12.1. The fourth-order valence-corrected chi connectivity index (χ4v) is 3.01. The van der Waals surface area contributed by atoms with Crippen LogP contribution in [0.4, 0.5) is 5.82 Å². The number of anilines is 1. The molecule has 1 aromatic rings. The Bertz CT molecular complexity index is 552. The lowest BCUT2D eigenvalue weighted by Gasteiger charge is -2.20. The predicted molar refractivity (Wildman–Crippen MR) is 105 cm³/mol. The lowest BCUT2D eigenvalue weighted by atomic mass is 10.2. The fourth-order valence-electron chi connectivity index (χ4n) is 2.77. The second-order valence-corrected chi connectivity index (χ2v) is 7.11. The summed E-state index contributed by atoms with van der Waals surface area (Å²) in [5, 5.41) is 7.53. The summed E-state index contributed by atoms with van der Waals surface area (Å²) < 4.78 is 5.59. The molecule has 0 radical (unpaired) electrons. The van der Waals surface area contributed by atoms with Crippen LogP contribution in [0.25, 0.3) is 0 Å². The van der Waals surface area contributed by atoms with E-state index in [4.69, 9.17) is 16.3 Å². The molecule has 0 spiro atoms. The van der Waals surface area contributed by atoms with E-state index in [2.05, 4.69) is 39.4 Å². The number of aliphatic imine (C=N–C) groups is 1. The third-order valence-electron chi connectivity index (χ3n) is 4.00. The van der Waals surface area contributed by atoms with E-state index >= 15 is 0 Å². The summed E-state index contributed by atoms with van der Waals surface area (Å²) >= 11 is 6.24. The molecule has 2 heterocycles. The minimum Gasteiger partial charge on any atom is -0.381 e. The zero-order chi connectivity index (χ0) is 18.1. The molecule has 1 aliphatic rings. The zero-order valence-electron chi connectivity index (χ0n) is 15.5. The topological polar surface area (TPSA) is 61.8 Å². The number of halogens is 1. The highest BCUT2D eigenvalue weighted by molar-refractivity contribution is 6.32. The molecule has 25 heavy (non-hydrogen) atoms. The molecule has 1 aromatic heterocycles. The van der Waals surface area contributed by atoms with E-state index in [9.17, 15) is 0 Å². The van der Waals surface area contributed by atoms with E-state index in [0.29, 0.717) is 17.0 Å². The van der Waals surface area contributed by atoms with Crippen LogP contribution in [0.3, 0.4) is 0 Å². The second kappa shape index (κ2) is 10.5. The molecule has 7 heteroatoms. The molecule has 1 saturated heterocycles. The molecule has 1 atom stereocenters. The fraction of sp³-hybridized carbons (Fsp3) is 0.667. The van der Waals surface area contributed by atoms with Crippen LogP contribution in [0.15, 0.2) is 23.3 Å². The third-order valence-corrected chi connectivity index (χ3v) is 4.30. The van der Waals surface area contributed by atoms with Gasteiger partial charge in [0.1, 0.15) is 5.82 Å². The van der Waals surface area contributed by atoms with Gasteiger partial charge in [0.05, 0.1) is 5.02 Å². The quantitative estimate of drug-likeness (QED) is 0.420. The van der Waals surface area contributed by atoms with Crippen LogP contribution in [0.2, 0.25) is 5.02 Å². The molecule has 0 saturated carbocycles. The molecule has 1 aliphatic heterocycles. The maximum atomic E-state index is 6.24. The van der Waals surface area contributed by atoms with Crippen molar-refractivity contribution in [3.8, 4) is 0 Å². The van der Waals surface area contributed by atoms with Crippen LogP contribution >= 0.6 is 11.6 Å². The monoisotopic (exact) mass is 367 g/mol. The van der Waals surface area contributed by atoms with E-state index in [1.165, 1.54) is 0 Å². The highest BCUT2D eigenvalue weighted by Crippen LogP contribution is 2.25. The summed E-state index contributed by atoms with van der Waals surface area (Å²) in [6, 6.07) is 4.07. The minimum atomic E-state index is 0.335. The van der Waals surface area contributed by atoms with Gasteiger partial charge in [0, 0.05) is 52.1 Å². The summed E-state index contributed by atoms with van der Waals surface area (Å²) in [5.74, 6) is 2.28. The second-order valence-electron chi connectivity index (χ2n) is 6.71. The van der Waals surface area contributed by atoms with E-state index in [-0.39, 0.29) is 0 Å². The van der Waals surface area contributed by atoms with E-state index in [0.717, 1.165) is 57.5 Å². The number of nitrogens with one attached hydrogen (secondary N) is 2. The van der Waals surface area contributed by atoms with Gasteiger partial charge in [-0.1, -0.05) is 25.4 Å². The molecular formula is C18H30ClN5O. The van der Waals surface area contributed by atoms with Gasteiger partial charge in [-0.15, -0.1) is 0 Å². The van der Waals surface area contributed by atoms with Gasteiger partial charge in [-0.2, -0.15) is 0 Å². The van der Waals surface area contributed by atoms with Crippen LogP contribution < -0.4 is 15.5 Å². The zero-order valence-corrected chi connectivity index (χ0v) is 16.2. The first-order valence-electron chi connectivity index (χ1n) is 9.00. The van der Waals surface area contributed by atoms with Crippen molar-refractivity contribution < 1.29 is 4.74 Å². The van der Waals surface area contributed by atoms with Gasteiger partial charge in [-0.3, -0.25) is 4.99 Å². The van der Waals surface area contributed by atoms with Crippen molar-refractivity contribution in [2.45, 2.75) is 32.7 Å². The molecule has 6 nitrogen and oxygen atoms in total. The van der Waals surface area contributed by atoms with Crippen molar-refractivity contribution in [2.24, 2.45) is 10.9 Å². The van der Waals surface area contributed by atoms with Gasteiger partial charge in [0.25, 0.3) is 0 Å². The van der Waals surface area contributed by atoms with Gasteiger partial charge in [0.15, 0.2) is 5.96 Å². The van der Waals surface area contributed by atoms with Crippen molar-refractivity contribution in [2.75, 3.05) is 44.8 Å². The van der Waals surface area contributed by atoms with E-state index in [1.807, 2.05) is 12.1 Å². The minimum absolute atomic E-state index is 0.335. The van der Waals surface area contributed by atoms with Gasteiger partial charge in [-0.25, -0.2) is 4.98 Å². The van der Waals surface area contributed by atoms with E-state index in [1.54, 1.807) is 13.2 Å². The average molecular weight is 368 g/mol. The smallest absolute Gasteiger partial charge is 0.191 e. The number of hydrogen-bond donors (Lipinski definition) is 2. The van der Waals surface area contributed by atoms with Crippen molar-refractivity contribution in [3.63, 3.8) is 0 Å². The Labute approximate surface area is 156 Å². The van der Waals surface area contributed by atoms with Crippen LogP contribution in [0, 0.1) is 5.92 Å². The molecular weight excluding hydrogens is 338 g/mol. The number of pyridine rings is 1. The summed E-state index contributed by atoms with van der Waals surface area (Å²) in [7, 11) is 1.80. The summed E-state index contributed by atoms with van der Waals surface area (Å²) in [6.45, 7) is 8.57. The molecule has 1 unspecified atom stereocenters. The van der Waals surface area contributed by atoms with Crippen LogP contribution in [-0.4, -0.2) is 56.9 Å². The summed E-state index contributed by atoms with van der Waals surface area (Å²) in [5.41, 5.74) is 0. The lowest BCUT2D eigenvalue weighted by Crippen LogP contribution is -2.45. The number of aromatic nitrogens is 1. The van der Waals surface area contributed by atoms with Crippen LogP contribution in [0.5, 0.6) is 0 Å². The first-order valence-corrected chi connectivity index (χ1v) is 9.38. The molecule has 0 bridgehead atoms. The van der Waals surface area contributed by atoms with Crippen molar-refractivity contribution in [3.05, 3.63) is 23.4 Å². The van der Waals surface area contributed by atoms with Gasteiger partial charge in [0.2, 0.25) is 0 Å². The van der Waals surface area contributed by atoms with Gasteiger partial charge >= 0.3 is 0 Å². The first kappa shape index (κ1) is 19.8. The molecule has 2 rings (SSSR count). The van der Waals surface area contributed by atoms with Crippen LogP contribution in [-0.2, 0) is 4.74 Å². The Hall–Kier alpha value is -1.53.